The highest BCUT2D eigenvalue weighted by atomic mass is 31.2. The molecule has 3 aromatic carbocycles. The molecule has 3 aromatic rings. The zero-order chi connectivity index (χ0) is 22.8. The molecule has 0 heterocycles. The molecule has 0 aliphatic rings. The van der Waals surface area contributed by atoms with Gasteiger partial charge >= 0.3 is 15.6 Å². The van der Waals surface area contributed by atoms with Crippen LogP contribution in [0.3, 0.4) is 0 Å². The van der Waals surface area contributed by atoms with E-state index in [1.165, 1.54) is 17.2 Å². The number of aryl methyl sites for hydroxylation is 1. The average molecular weight is 454 g/mol. The van der Waals surface area contributed by atoms with Gasteiger partial charge in [0.2, 0.25) is 0 Å². The van der Waals surface area contributed by atoms with Crippen molar-refractivity contribution in [1.29, 1.82) is 0 Å². The topological polar surface area (TPSA) is 145 Å². The van der Waals surface area contributed by atoms with Crippen molar-refractivity contribution in [3.8, 4) is 16.9 Å². The summed E-state index contributed by atoms with van der Waals surface area (Å²) in [5.41, 5.74) is 4.23. The predicted octanol–water partition coefficient (Wildman–Crippen LogP) is 4.20. The van der Waals surface area contributed by atoms with Crippen LogP contribution in [0.1, 0.15) is 11.1 Å². The van der Waals surface area contributed by atoms with Crippen LogP contribution in [-0.4, -0.2) is 24.5 Å². The molecule has 10 heteroatoms. The van der Waals surface area contributed by atoms with E-state index in [-0.39, 0.29) is 5.75 Å². The molecule has 0 spiro atoms. The fourth-order valence-corrected chi connectivity index (χ4v) is 2.67. The highest BCUT2D eigenvalue weighted by molar-refractivity contribution is 7.46. The number of phosphoric acid groups is 2. The Balaban J connectivity index is 0.000000247. The normalized spacial score (nSPS) is 10.8. The van der Waals surface area contributed by atoms with Crippen molar-refractivity contribution in [2.45, 2.75) is 13.8 Å². The minimum atomic E-state index is -4.64. The lowest BCUT2D eigenvalue weighted by molar-refractivity contribution is 0.274. The maximum absolute atomic E-state index is 10.5. The van der Waals surface area contributed by atoms with Crippen LogP contribution in [0, 0.1) is 13.8 Å². The minimum absolute atomic E-state index is 0.230. The first kappa shape index (κ1) is 25.8. The number of benzene rings is 3. The van der Waals surface area contributed by atoms with Crippen LogP contribution in [-0.2, 0) is 9.13 Å². The van der Waals surface area contributed by atoms with Gasteiger partial charge in [-0.1, -0.05) is 72.8 Å². The second-order valence-corrected chi connectivity index (χ2v) is 8.22. The molecule has 0 bridgehead atoms. The molecule has 0 saturated carbocycles. The fraction of sp³-hybridized carbons (Fsp3) is 0.100. The monoisotopic (exact) mass is 454 g/mol. The standard InChI is InChI=1S/C12H10.C8H11O4P.H3O4P/c1-3-7-11(8-4-1)12-9-5-2-6-10-12;1-6-4-3-5-8(7(6)2)12-13(9,10)11;1-5(2,3)4/h1-10H;3-5H,1-2H3,(H2,9,10,11);(H3,1,2,3,4). The third-order valence-electron chi connectivity index (χ3n) is 3.65. The lowest BCUT2D eigenvalue weighted by atomic mass is 10.1. The Morgan fingerprint density at radius 3 is 1.40 bits per heavy atom. The van der Waals surface area contributed by atoms with Gasteiger partial charge < -0.3 is 19.2 Å². The first-order valence-corrected chi connectivity index (χ1v) is 11.7. The number of phosphoric ester groups is 1. The molecule has 8 nitrogen and oxygen atoms in total. The zero-order valence-electron chi connectivity index (χ0n) is 16.4. The maximum Gasteiger partial charge on any atom is 0.524 e. The Morgan fingerprint density at radius 1 is 0.633 bits per heavy atom. The van der Waals surface area contributed by atoms with E-state index in [0.29, 0.717) is 0 Å². The van der Waals surface area contributed by atoms with Gasteiger partial charge in [0, 0.05) is 0 Å². The molecule has 0 atom stereocenters. The zero-order valence-corrected chi connectivity index (χ0v) is 18.1. The molecule has 3 rings (SSSR count). The molecule has 0 aliphatic heterocycles. The van der Waals surface area contributed by atoms with Gasteiger partial charge in [-0.05, 0) is 42.2 Å². The van der Waals surface area contributed by atoms with E-state index in [0.717, 1.165) is 11.1 Å². The Morgan fingerprint density at radius 2 is 1.03 bits per heavy atom. The molecule has 30 heavy (non-hydrogen) atoms. The molecule has 0 saturated heterocycles. The van der Waals surface area contributed by atoms with Crippen molar-refractivity contribution in [3.63, 3.8) is 0 Å². The van der Waals surface area contributed by atoms with Crippen LogP contribution >= 0.6 is 15.6 Å². The minimum Gasteiger partial charge on any atom is -0.404 e. The Hall–Kier alpha value is -2.28. The molecule has 0 aromatic heterocycles. The second kappa shape index (κ2) is 11.8. The highest BCUT2D eigenvalue weighted by Gasteiger charge is 2.17. The Labute approximate surface area is 174 Å². The van der Waals surface area contributed by atoms with Gasteiger partial charge in [0.1, 0.15) is 5.75 Å². The van der Waals surface area contributed by atoms with Gasteiger partial charge in [-0.2, -0.15) is 0 Å². The summed E-state index contributed by atoms with van der Waals surface area (Å²) in [5.74, 6) is 0.230. The van der Waals surface area contributed by atoms with Crippen LogP contribution in [0.5, 0.6) is 5.75 Å². The lowest BCUT2D eigenvalue weighted by Gasteiger charge is -2.10. The van der Waals surface area contributed by atoms with Gasteiger partial charge in [0.05, 0.1) is 0 Å². The van der Waals surface area contributed by atoms with Crippen LogP contribution in [0.15, 0.2) is 78.9 Å². The molecule has 0 radical (unpaired) electrons. The smallest absolute Gasteiger partial charge is 0.404 e. The summed E-state index contributed by atoms with van der Waals surface area (Å²) in [6.45, 7) is 3.60. The molecule has 0 aliphatic carbocycles. The van der Waals surface area contributed by atoms with Crippen molar-refractivity contribution in [2.75, 3.05) is 0 Å². The van der Waals surface area contributed by atoms with Crippen molar-refractivity contribution >= 4 is 15.6 Å². The van der Waals surface area contributed by atoms with Crippen LogP contribution in [0.2, 0.25) is 0 Å². The third-order valence-corrected chi connectivity index (χ3v) is 4.09. The molecule has 0 unspecified atom stereocenters. The Bertz CT molecular complexity index is 952. The van der Waals surface area contributed by atoms with Crippen LogP contribution in [0.4, 0.5) is 0 Å². The average Bonchev–Trinajstić information content (AvgIpc) is 2.65. The quantitative estimate of drug-likeness (QED) is 0.371. The van der Waals surface area contributed by atoms with Gasteiger partial charge in [-0.3, -0.25) is 9.79 Å². The first-order chi connectivity index (χ1) is 13.9. The van der Waals surface area contributed by atoms with E-state index in [2.05, 4.69) is 53.1 Å². The van der Waals surface area contributed by atoms with E-state index in [9.17, 15) is 4.57 Å². The molecule has 0 amide bonds. The number of hydrogen-bond donors (Lipinski definition) is 5. The summed E-state index contributed by atoms with van der Waals surface area (Å²) in [7, 11) is -9.07. The second-order valence-electron chi connectivity index (χ2n) is 6.03. The van der Waals surface area contributed by atoms with Crippen molar-refractivity contribution in [2.24, 2.45) is 0 Å². The van der Waals surface area contributed by atoms with Gasteiger partial charge in [-0.15, -0.1) is 0 Å². The molecular weight excluding hydrogens is 430 g/mol. The number of hydrogen-bond acceptors (Lipinski definition) is 3. The summed E-state index contributed by atoms with van der Waals surface area (Å²) < 4.78 is 23.9. The fourth-order valence-electron chi connectivity index (χ4n) is 2.21. The van der Waals surface area contributed by atoms with Crippen LogP contribution in [0.25, 0.3) is 11.1 Å². The molecule has 5 N–H and O–H groups in total. The summed E-state index contributed by atoms with van der Waals surface area (Å²) in [6, 6.07) is 25.8. The number of rotatable bonds is 3. The Kier molecular flexibility index (Phi) is 10.1. The third kappa shape index (κ3) is 11.7. The van der Waals surface area contributed by atoms with E-state index in [1.807, 2.05) is 25.1 Å². The summed E-state index contributed by atoms with van der Waals surface area (Å²) in [4.78, 5) is 38.7. The van der Waals surface area contributed by atoms with Crippen molar-refractivity contribution in [3.05, 3.63) is 90.0 Å². The highest BCUT2D eigenvalue weighted by Crippen LogP contribution is 2.39. The van der Waals surface area contributed by atoms with E-state index in [4.69, 9.17) is 29.0 Å². The van der Waals surface area contributed by atoms with Gasteiger partial charge in [-0.25, -0.2) is 9.13 Å². The SMILES string of the molecule is Cc1cccc(OP(=O)(O)O)c1C.O=P(O)(O)O.c1ccc(-c2ccccc2)cc1. The van der Waals surface area contributed by atoms with Gasteiger partial charge in [0.25, 0.3) is 0 Å². The summed E-state index contributed by atoms with van der Waals surface area (Å²) in [5, 5.41) is 0. The molecule has 162 valence electrons. The van der Waals surface area contributed by atoms with E-state index < -0.39 is 15.6 Å². The summed E-state index contributed by atoms with van der Waals surface area (Å²) >= 11 is 0. The van der Waals surface area contributed by atoms with E-state index >= 15 is 0 Å². The molecular formula is C20H24O8P2. The first-order valence-electron chi connectivity index (χ1n) is 8.57. The van der Waals surface area contributed by atoms with Crippen molar-refractivity contribution in [1.82, 2.24) is 0 Å². The van der Waals surface area contributed by atoms with Crippen LogP contribution < -0.4 is 4.52 Å². The molecule has 0 fully saturated rings. The van der Waals surface area contributed by atoms with Crippen molar-refractivity contribution < 1.29 is 38.1 Å². The largest absolute Gasteiger partial charge is 0.524 e. The predicted molar refractivity (Wildman–Crippen MR) is 115 cm³/mol. The maximum atomic E-state index is 10.5. The van der Waals surface area contributed by atoms with E-state index in [1.54, 1.807) is 13.0 Å². The van der Waals surface area contributed by atoms with Gasteiger partial charge in [0.15, 0.2) is 0 Å². The summed E-state index contributed by atoms with van der Waals surface area (Å²) in [6.07, 6.45) is 0. The lowest BCUT2D eigenvalue weighted by Crippen LogP contribution is -1.93.